The van der Waals surface area contributed by atoms with Crippen molar-refractivity contribution >= 4 is 5.78 Å². The lowest BCUT2D eigenvalue weighted by Gasteiger charge is -1.99. The fourth-order valence-electron chi connectivity index (χ4n) is 1.78. The summed E-state index contributed by atoms with van der Waals surface area (Å²) in [5.41, 5.74) is 0.758. The van der Waals surface area contributed by atoms with Crippen LogP contribution in [0.2, 0.25) is 0 Å². The Morgan fingerprint density at radius 2 is 2.00 bits per heavy atom. The van der Waals surface area contributed by atoms with E-state index in [4.69, 9.17) is 4.74 Å². The fourth-order valence-corrected chi connectivity index (χ4v) is 1.78. The number of Topliss-reactive ketones (excluding diaryl/α,β-unsaturated/α-hetero) is 1. The molecule has 1 aliphatic rings. The van der Waals surface area contributed by atoms with Gasteiger partial charge in [-0.3, -0.25) is 4.79 Å². The monoisotopic (exact) mass is 204 g/mol. The molecule has 1 aromatic rings. The van der Waals surface area contributed by atoms with Crippen molar-refractivity contribution in [1.82, 2.24) is 0 Å². The highest BCUT2D eigenvalue weighted by molar-refractivity contribution is 6.01. The molecule has 0 amide bonds. The van der Waals surface area contributed by atoms with Crippen molar-refractivity contribution in [2.24, 2.45) is 5.92 Å². The summed E-state index contributed by atoms with van der Waals surface area (Å²) >= 11 is 0. The first-order chi connectivity index (χ1) is 7.18. The number of ether oxygens (including phenoxy) is 1. The number of hydrogen-bond donors (Lipinski definition) is 0. The molecule has 0 bridgehead atoms. The zero-order chi connectivity index (χ0) is 10.8. The van der Waals surface area contributed by atoms with Crippen LogP contribution in [-0.2, 0) is 4.74 Å². The molecule has 0 saturated carbocycles. The molecule has 1 heterocycles. The Labute approximate surface area is 90.3 Å². The van der Waals surface area contributed by atoms with Gasteiger partial charge in [-0.25, -0.2) is 0 Å². The minimum Gasteiger partial charge on any atom is -0.361 e. The molecule has 2 heteroatoms. The molecule has 2 atom stereocenters. The van der Waals surface area contributed by atoms with Gasteiger partial charge in [0.15, 0.2) is 5.78 Å². The van der Waals surface area contributed by atoms with Crippen LogP contribution in [0.3, 0.4) is 0 Å². The third-order valence-corrected chi connectivity index (χ3v) is 2.60. The molecule has 1 saturated heterocycles. The summed E-state index contributed by atoms with van der Waals surface area (Å²) in [4.78, 5) is 11.9. The molecule has 2 rings (SSSR count). The van der Waals surface area contributed by atoms with Crippen LogP contribution in [0.4, 0.5) is 0 Å². The molecule has 0 aromatic heterocycles. The molecule has 1 fully saturated rings. The lowest BCUT2D eigenvalue weighted by atomic mass is 10.0. The molecule has 0 spiro atoms. The molecule has 2 nitrogen and oxygen atoms in total. The highest BCUT2D eigenvalue weighted by Crippen LogP contribution is 2.31. The lowest BCUT2D eigenvalue weighted by molar-refractivity contribution is 0.0953. The van der Waals surface area contributed by atoms with Crippen molar-refractivity contribution in [1.29, 1.82) is 0 Å². The summed E-state index contributed by atoms with van der Waals surface area (Å²) in [5, 5.41) is 0. The zero-order valence-corrected chi connectivity index (χ0v) is 9.14. The van der Waals surface area contributed by atoms with Crippen molar-refractivity contribution in [2.75, 3.05) is 0 Å². The Morgan fingerprint density at radius 3 is 2.60 bits per heavy atom. The largest absolute Gasteiger partial charge is 0.361 e. The quantitative estimate of drug-likeness (QED) is 0.557. The maximum absolute atomic E-state index is 11.9. The van der Waals surface area contributed by atoms with Gasteiger partial charge in [-0.05, 0) is 12.3 Å². The maximum atomic E-state index is 11.9. The van der Waals surface area contributed by atoms with Gasteiger partial charge in [0.1, 0.15) is 6.10 Å². The Morgan fingerprint density at radius 1 is 1.33 bits per heavy atom. The molecule has 0 unspecified atom stereocenters. The summed E-state index contributed by atoms with van der Waals surface area (Å²) in [7, 11) is 0. The van der Waals surface area contributed by atoms with Gasteiger partial charge in [0, 0.05) is 5.56 Å². The van der Waals surface area contributed by atoms with Crippen molar-refractivity contribution in [3.63, 3.8) is 0 Å². The smallest absolute Gasteiger partial charge is 0.194 e. The van der Waals surface area contributed by atoms with Crippen molar-refractivity contribution in [2.45, 2.75) is 32.5 Å². The van der Waals surface area contributed by atoms with Gasteiger partial charge in [-0.2, -0.15) is 0 Å². The normalized spacial score (nSPS) is 24.2. The maximum Gasteiger partial charge on any atom is 0.194 e. The number of benzene rings is 1. The predicted octanol–water partition coefficient (Wildman–Crippen LogP) is 2.68. The minimum atomic E-state index is -0.185. The number of hydrogen-bond acceptors (Lipinski definition) is 2. The van der Waals surface area contributed by atoms with E-state index in [9.17, 15) is 4.79 Å². The van der Waals surface area contributed by atoms with Crippen LogP contribution in [-0.4, -0.2) is 18.0 Å². The van der Waals surface area contributed by atoms with E-state index in [1.165, 1.54) is 0 Å². The minimum absolute atomic E-state index is 0.126. The molecule has 1 aromatic carbocycles. The average molecular weight is 204 g/mol. The second kappa shape index (κ2) is 4.15. The zero-order valence-electron chi connectivity index (χ0n) is 9.14. The second-order valence-corrected chi connectivity index (χ2v) is 4.45. The summed E-state index contributed by atoms with van der Waals surface area (Å²) < 4.78 is 5.39. The molecule has 80 valence electrons. The van der Waals surface area contributed by atoms with Gasteiger partial charge >= 0.3 is 0 Å². The van der Waals surface area contributed by atoms with E-state index in [0.717, 1.165) is 12.0 Å². The fraction of sp³-hybridized carbons (Fsp3) is 0.462. The van der Waals surface area contributed by atoms with E-state index in [0.29, 0.717) is 5.92 Å². The Kier molecular flexibility index (Phi) is 2.87. The topological polar surface area (TPSA) is 29.6 Å². The Hall–Kier alpha value is -1.15. The van der Waals surface area contributed by atoms with Gasteiger partial charge in [-0.15, -0.1) is 0 Å². The standard InChI is InChI=1S/C13H16O2/c1-9(2)8-11-13(15-11)12(14)10-6-4-3-5-7-10/h3-7,9,11,13H,8H2,1-2H3/t11-,13+/m0/s1. The van der Waals surface area contributed by atoms with Crippen LogP contribution in [0.1, 0.15) is 30.6 Å². The van der Waals surface area contributed by atoms with E-state index in [1.54, 1.807) is 0 Å². The van der Waals surface area contributed by atoms with Gasteiger partial charge in [-0.1, -0.05) is 44.2 Å². The first-order valence-corrected chi connectivity index (χ1v) is 5.43. The SMILES string of the molecule is CC(C)C[C@@H]1O[C@H]1C(=O)c1ccccc1. The van der Waals surface area contributed by atoms with Crippen molar-refractivity contribution in [3.05, 3.63) is 35.9 Å². The number of rotatable bonds is 4. The summed E-state index contributed by atoms with van der Waals surface area (Å²) in [6.07, 6.45) is 0.941. The van der Waals surface area contributed by atoms with Crippen LogP contribution in [0.15, 0.2) is 30.3 Å². The Bertz CT molecular complexity index is 343. The van der Waals surface area contributed by atoms with Gasteiger partial charge in [0.2, 0.25) is 0 Å². The molecule has 15 heavy (non-hydrogen) atoms. The molecule has 1 aliphatic heterocycles. The van der Waals surface area contributed by atoms with E-state index >= 15 is 0 Å². The number of ketones is 1. The van der Waals surface area contributed by atoms with Crippen LogP contribution < -0.4 is 0 Å². The van der Waals surface area contributed by atoms with Crippen molar-refractivity contribution < 1.29 is 9.53 Å². The summed E-state index contributed by atoms with van der Waals surface area (Å²) in [5.74, 6) is 0.713. The number of epoxide rings is 1. The summed E-state index contributed by atoms with van der Waals surface area (Å²) in [6, 6.07) is 9.36. The van der Waals surface area contributed by atoms with E-state index in [2.05, 4.69) is 13.8 Å². The number of carbonyl (C=O) groups is 1. The lowest BCUT2D eigenvalue weighted by Crippen LogP contribution is -2.11. The molecule has 0 aliphatic carbocycles. The predicted molar refractivity (Wildman–Crippen MR) is 58.9 cm³/mol. The molecule has 0 radical (unpaired) electrons. The van der Waals surface area contributed by atoms with Gasteiger partial charge in [0.25, 0.3) is 0 Å². The second-order valence-electron chi connectivity index (χ2n) is 4.45. The van der Waals surface area contributed by atoms with E-state index < -0.39 is 0 Å². The van der Waals surface area contributed by atoms with Gasteiger partial charge < -0.3 is 4.74 Å². The highest BCUT2D eigenvalue weighted by atomic mass is 16.6. The highest BCUT2D eigenvalue weighted by Gasteiger charge is 2.44. The molecule has 0 N–H and O–H groups in total. The Balaban J connectivity index is 1.95. The van der Waals surface area contributed by atoms with Gasteiger partial charge in [0.05, 0.1) is 6.10 Å². The van der Waals surface area contributed by atoms with Crippen molar-refractivity contribution in [3.8, 4) is 0 Å². The number of carbonyl (C=O) groups excluding carboxylic acids is 1. The third kappa shape index (κ3) is 2.45. The van der Waals surface area contributed by atoms with Crippen LogP contribution in [0, 0.1) is 5.92 Å². The summed E-state index contributed by atoms with van der Waals surface area (Å²) in [6.45, 7) is 4.29. The van der Waals surface area contributed by atoms with Crippen LogP contribution in [0.25, 0.3) is 0 Å². The molecular weight excluding hydrogens is 188 g/mol. The third-order valence-electron chi connectivity index (χ3n) is 2.60. The first kappa shape index (κ1) is 10.4. The van der Waals surface area contributed by atoms with E-state index in [-0.39, 0.29) is 18.0 Å². The van der Waals surface area contributed by atoms with E-state index in [1.807, 2.05) is 30.3 Å². The first-order valence-electron chi connectivity index (χ1n) is 5.43. The van der Waals surface area contributed by atoms with Crippen LogP contribution >= 0.6 is 0 Å². The van der Waals surface area contributed by atoms with Crippen LogP contribution in [0.5, 0.6) is 0 Å². The molecular formula is C13H16O2. The average Bonchev–Trinajstić information content (AvgIpc) is 2.96.